The molecule has 2 aliphatic heterocycles. The van der Waals surface area contributed by atoms with E-state index in [4.69, 9.17) is 4.74 Å². The predicted molar refractivity (Wildman–Crippen MR) is 123 cm³/mol. The molecule has 1 amide bonds. The zero-order valence-corrected chi connectivity index (χ0v) is 19.7. The number of phenolic OH excluding ortho intramolecular Hbond substituents is 1. The Bertz CT molecular complexity index is 1080. The van der Waals surface area contributed by atoms with Gasteiger partial charge in [-0.3, -0.25) is 9.69 Å². The van der Waals surface area contributed by atoms with E-state index < -0.39 is 23.1 Å². The molecule has 34 heavy (non-hydrogen) atoms. The highest BCUT2D eigenvalue weighted by atomic mass is 16.5. The fourth-order valence-electron chi connectivity index (χ4n) is 7.34. The standard InChI is InChI=1S/C26H32N2O6/c1-27(20(30)7-8-21(31)33-2)17-9-10-26(32)19-13-16-5-6-18(29)23-22(16)25(26,24(17)34-23)11-12-28(19)14-15-3-4-15/h5-8,15,17,19,24,29,32H,3-4,9-14H2,1-2H3/t17-,19-,24+,25+,26-/m1/s1. The van der Waals surface area contributed by atoms with Crippen LogP contribution in [0.3, 0.4) is 0 Å². The second-order valence-corrected chi connectivity index (χ2v) is 10.7. The van der Waals surface area contributed by atoms with Gasteiger partial charge < -0.3 is 24.6 Å². The number of carbonyl (C=O) groups excluding carboxylic acids is 2. The number of nitrogens with zero attached hydrogens (tertiary/aromatic N) is 2. The highest BCUT2D eigenvalue weighted by molar-refractivity contribution is 5.94. The first-order valence-electron chi connectivity index (χ1n) is 12.3. The van der Waals surface area contributed by atoms with Crippen LogP contribution in [0.4, 0.5) is 0 Å². The number of likely N-dealkylation sites (tertiary alicyclic amines) is 1. The maximum absolute atomic E-state index is 12.9. The Morgan fingerprint density at radius 3 is 2.79 bits per heavy atom. The Labute approximate surface area is 199 Å². The lowest BCUT2D eigenvalue weighted by Gasteiger charge is -2.64. The molecule has 3 fully saturated rings. The van der Waals surface area contributed by atoms with Crippen molar-refractivity contribution in [3.05, 3.63) is 35.4 Å². The van der Waals surface area contributed by atoms with Gasteiger partial charge in [0.2, 0.25) is 5.91 Å². The first-order valence-corrected chi connectivity index (χ1v) is 12.3. The molecule has 0 unspecified atom stereocenters. The summed E-state index contributed by atoms with van der Waals surface area (Å²) in [6.07, 6.45) is 6.99. The van der Waals surface area contributed by atoms with Gasteiger partial charge in [0, 0.05) is 37.3 Å². The SMILES string of the molecule is COC(=O)C=CC(=O)N(C)[C@@H]1CC[C@@]2(O)[C@H]3Cc4ccc(O)c5c4[C@@]2(CCN3CC2CC2)[C@H]1O5. The molecule has 1 saturated heterocycles. The molecule has 1 aromatic carbocycles. The van der Waals surface area contributed by atoms with Crippen molar-refractivity contribution < 1.29 is 29.3 Å². The van der Waals surface area contributed by atoms with E-state index in [9.17, 15) is 19.8 Å². The number of ether oxygens (including phenoxy) is 2. The minimum Gasteiger partial charge on any atom is -0.504 e. The number of hydrogen-bond acceptors (Lipinski definition) is 7. The van der Waals surface area contributed by atoms with Gasteiger partial charge >= 0.3 is 5.97 Å². The number of likely N-dealkylation sites (N-methyl/N-ethyl adjacent to an activating group) is 1. The van der Waals surface area contributed by atoms with E-state index in [1.165, 1.54) is 26.0 Å². The molecule has 1 aromatic rings. The number of amides is 1. The Morgan fingerprint density at radius 1 is 1.26 bits per heavy atom. The molecule has 2 saturated carbocycles. The van der Waals surface area contributed by atoms with E-state index in [0.717, 1.165) is 49.1 Å². The molecule has 0 aromatic heterocycles. The van der Waals surface area contributed by atoms with E-state index in [1.807, 2.05) is 6.07 Å². The minimum absolute atomic E-state index is 0.00267. The predicted octanol–water partition coefficient (Wildman–Crippen LogP) is 1.51. The van der Waals surface area contributed by atoms with Crippen molar-refractivity contribution in [2.75, 3.05) is 27.2 Å². The van der Waals surface area contributed by atoms with Crippen molar-refractivity contribution in [2.45, 2.75) is 67.7 Å². The molecule has 182 valence electrons. The van der Waals surface area contributed by atoms with Crippen LogP contribution in [-0.2, 0) is 26.2 Å². The minimum atomic E-state index is -0.987. The molecule has 5 aliphatic rings. The van der Waals surface area contributed by atoms with Crippen LogP contribution in [0, 0.1) is 5.92 Å². The third-order valence-electron chi connectivity index (χ3n) is 9.14. The van der Waals surface area contributed by atoms with Gasteiger partial charge in [0.05, 0.1) is 24.2 Å². The lowest BCUT2D eigenvalue weighted by molar-refractivity contribution is -0.200. The molecule has 2 heterocycles. The van der Waals surface area contributed by atoms with Crippen molar-refractivity contribution in [3.63, 3.8) is 0 Å². The van der Waals surface area contributed by atoms with Crippen molar-refractivity contribution in [1.82, 2.24) is 9.80 Å². The normalized spacial score (nSPS) is 35.6. The summed E-state index contributed by atoms with van der Waals surface area (Å²) in [6, 6.07) is 3.36. The van der Waals surface area contributed by atoms with Crippen molar-refractivity contribution in [2.24, 2.45) is 5.92 Å². The lowest BCUT2D eigenvalue weighted by Crippen LogP contribution is -2.78. The zero-order valence-electron chi connectivity index (χ0n) is 19.7. The molecular formula is C26H32N2O6. The molecule has 5 atom stereocenters. The van der Waals surface area contributed by atoms with Gasteiger partial charge in [-0.05, 0) is 62.6 Å². The van der Waals surface area contributed by atoms with E-state index in [0.29, 0.717) is 18.6 Å². The second-order valence-electron chi connectivity index (χ2n) is 10.7. The highest BCUT2D eigenvalue weighted by Crippen LogP contribution is 2.66. The molecule has 2 N–H and O–H groups in total. The number of piperidine rings is 1. The Kier molecular flexibility index (Phi) is 4.81. The maximum atomic E-state index is 12.9. The summed E-state index contributed by atoms with van der Waals surface area (Å²) in [7, 11) is 2.98. The van der Waals surface area contributed by atoms with Gasteiger partial charge in [0.25, 0.3) is 0 Å². The Hall–Kier alpha value is -2.58. The number of carbonyl (C=O) groups is 2. The van der Waals surface area contributed by atoms with E-state index in [1.54, 1.807) is 18.0 Å². The number of hydrogen-bond donors (Lipinski definition) is 2. The van der Waals surface area contributed by atoms with Gasteiger partial charge in [-0.15, -0.1) is 0 Å². The smallest absolute Gasteiger partial charge is 0.330 e. The Morgan fingerprint density at radius 2 is 2.06 bits per heavy atom. The van der Waals surface area contributed by atoms with Crippen molar-refractivity contribution in [1.29, 1.82) is 0 Å². The molecule has 1 spiro atoms. The van der Waals surface area contributed by atoms with Crippen LogP contribution >= 0.6 is 0 Å². The molecule has 8 nitrogen and oxygen atoms in total. The van der Waals surface area contributed by atoms with Gasteiger partial charge in [-0.2, -0.15) is 0 Å². The molecular weight excluding hydrogens is 436 g/mol. The van der Waals surface area contributed by atoms with Gasteiger partial charge in [-0.25, -0.2) is 4.79 Å². The van der Waals surface area contributed by atoms with Crippen LogP contribution < -0.4 is 4.74 Å². The van der Waals surface area contributed by atoms with Crippen molar-refractivity contribution in [3.8, 4) is 11.5 Å². The largest absolute Gasteiger partial charge is 0.504 e. The van der Waals surface area contributed by atoms with Gasteiger partial charge in [0.15, 0.2) is 11.5 Å². The van der Waals surface area contributed by atoms with Gasteiger partial charge in [-0.1, -0.05) is 6.07 Å². The topological polar surface area (TPSA) is 99.5 Å². The molecule has 8 heteroatoms. The number of methoxy groups -OCH3 is 1. The first-order chi connectivity index (χ1) is 16.3. The summed E-state index contributed by atoms with van der Waals surface area (Å²) >= 11 is 0. The summed E-state index contributed by atoms with van der Waals surface area (Å²) < 4.78 is 11.1. The quantitative estimate of drug-likeness (QED) is 0.499. The summed E-state index contributed by atoms with van der Waals surface area (Å²) in [4.78, 5) is 28.5. The summed E-state index contributed by atoms with van der Waals surface area (Å²) in [5, 5.41) is 23.2. The summed E-state index contributed by atoms with van der Waals surface area (Å²) in [6.45, 7) is 1.89. The van der Waals surface area contributed by atoms with E-state index in [-0.39, 0.29) is 23.7 Å². The van der Waals surface area contributed by atoms with Crippen molar-refractivity contribution >= 4 is 11.9 Å². The highest BCUT2D eigenvalue weighted by Gasteiger charge is 2.73. The monoisotopic (exact) mass is 468 g/mol. The molecule has 3 aliphatic carbocycles. The fourth-order valence-corrected chi connectivity index (χ4v) is 7.34. The average molecular weight is 469 g/mol. The number of esters is 1. The van der Waals surface area contributed by atoms with E-state index in [2.05, 4.69) is 9.64 Å². The number of rotatable bonds is 5. The number of aliphatic hydroxyl groups is 1. The van der Waals surface area contributed by atoms with Crippen LogP contribution in [-0.4, -0.2) is 82.9 Å². The van der Waals surface area contributed by atoms with Crippen LogP contribution in [0.15, 0.2) is 24.3 Å². The van der Waals surface area contributed by atoms with Gasteiger partial charge in [0.1, 0.15) is 6.10 Å². The first kappa shape index (κ1) is 21.9. The molecule has 0 radical (unpaired) electrons. The summed E-state index contributed by atoms with van der Waals surface area (Å²) in [5.41, 5.74) is 0.408. The van der Waals surface area contributed by atoms with Crippen LogP contribution in [0.5, 0.6) is 11.5 Å². The average Bonchev–Trinajstić information content (AvgIpc) is 3.57. The Balaban J connectivity index is 1.41. The molecule has 6 rings (SSSR count). The van der Waals surface area contributed by atoms with E-state index >= 15 is 0 Å². The maximum Gasteiger partial charge on any atom is 0.330 e. The number of phenols is 1. The zero-order chi connectivity index (χ0) is 23.8. The number of aromatic hydroxyl groups is 1. The number of benzene rings is 1. The summed E-state index contributed by atoms with van der Waals surface area (Å²) in [5.74, 6) is 0.372. The third kappa shape index (κ3) is 2.84. The van der Waals surface area contributed by atoms with Crippen LogP contribution in [0.25, 0.3) is 0 Å². The fraction of sp³-hybridized carbons (Fsp3) is 0.615. The molecule has 2 bridgehead atoms. The second kappa shape index (κ2) is 7.46. The van der Waals surface area contributed by atoms with Crippen LogP contribution in [0.2, 0.25) is 0 Å². The van der Waals surface area contributed by atoms with Crippen LogP contribution in [0.1, 0.15) is 43.2 Å². The lowest BCUT2D eigenvalue weighted by atomic mass is 9.48. The third-order valence-corrected chi connectivity index (χ3v) is 9.14.